The van der Waals surface area contributed by atoms with Gasteiger partial charge in [-0.15, -0.1) is 0 Å². The smallest absolute Gasteiger partial charge is 0.323 e. The standard InChI is InChI=1S/C36H32ClN5O17S5/c1-18(12-25-39(22-13-20(37)6-7-23(22)58-25)14-19-4-2-3-5-24(19)64(55,56)57)28-32(47)42(21-8-10-62(50,51)17-21)31(40(28)15-26(43)44)29-33(48)38(9-11-63(52,53)54)35(59-29)30-34(49)41(16-27(45)46)36(60)61-30/h2-7,12-13,21H,8-11,14-17H2,1H3,(H,43,44)(H,45,46)(H,52,53,54)(H,55,56,57)/b25-12?,28-18?,31-29-,35-30+. The Bertz CT molecular complexity index is 3470. The molecule has 4 N–H and O–H groups in total. The summed E-state index contributed by atoms with van der Waals surface area (Å²) in [5.41, 5.74) is -4.21. The van der Waals surface area contributed by atoms with E-state index in [1.807, 2.05) is 0 Å². The highest BCUT2D eigenvalue weighted by molar-refractivity contribution is 8.30. The second kappa shape index (κ2) is 17.1. The number of sulfone groups is 1. The summed E-state index contributed by atoms with van der Waals surface area (Å²) in [7, 11) is -13.4. The monoisotopic (exact) mass is 1000 g/mol. The number of ether oxygens (including phenoxy) is 1. The molecule has 4 aromatic rings. The molecule has 1 unspecified atom stereocenters. The maximum absolute atomic E-state index is 14.9. The van der Waals surface area contributed by atoms with Crippen LogP contribution in [0.25, 0.3) is 10.5 Å². The van der Waals surface area contributed by atoms with Crippen molar-refractivity contribution in [2.24, 2.45) is 0 Å². The van der Waals surface area contributed by atoms with Crippen LogP contribution in [0.2, 0.25) is 5.02 Å². The lowest BCUT2D eigenvalue weighted by Crippen LogP contribution is -2.36. The van der Waals surface area contributed by atoms with Gasteiger partial charge in [0.2, 0.25) is 16.8 Å². The number of thioether (sulfide) groups is 1. The van der Waals surface area contributed by atoms with E-state index < -0.39 is 134 Å². The van der Waals surface area contributed by atoms with E-state index in [4.69, 9.17) is 33.0 Å². The van der Waals surface area contributed by atoms with E-state index in [1.54, 1.807) is 0 Å². The highest BCUT2D eigenvalue weighted by atomic mass is 35.5. The van der Waals surface area contributed by atoms with Gasteiger partial charge in [-0.25, -0.2) is 8.42 Å². The Kier molecular flexibility index (Phi) is 12.4. The Hall–Kier alpha value is -5.55. The van der Waals surface area contributed by atoms with E-state index in [2.05, 4.69) is 0 Å². The first-order valence-corrected chi connectivity index (χ1v) is 24.8. The van der Waals surface area contributed by atoms with Gasteiger partial charge >= 0.3 is 11.9 Å². The Balaban J connectivity index is 1.59. The topological polar surface area (TPSA) is 312 Å². The molecule has 5 heterocycles. The molecule has 0 spiro atoms. The van der Waals surface area contributed by atoms with Crippen molar-refractivity contribution in [1.29, 1.82) is 0 Å². The first kappa shape index (κ1) is 46.4. The zero-order chi connectivity index (χ0) is 46.8. The highest BCUT2D eigenvalue weighted by Crippen LogP contribution is 2.42. The van der Waals surface area contributed by atoms with Crippen LogP contribution >= 0.6 is 35.6 Å². The second-order valence-corrected chi connectivity index (χ2v) is 21.7. The van der Waals surface area contributed by atoms with Crippen molar-refractivity contribution in [3.63, 3.8) is 0 Å². The number of halogens is 1. The SMILES string of the molecule is CC(C=C1Oc2ccc(Cl)cc2N1Cc1ccccc1S(=O)(=O)O)=c1c(=O)n(C2CCS(=O)(=O)C2)/c(=c2\o/c(=C3/SC(=S)N(CC(=O)O)C3=O)n(CCS(=O)(=O)O)c2=O)n1CC(=O)O. The molecule has 0 bridgehead atoms. The number of allylic oxidation sites excluding steroid dienone is 1. The fraction of sp³-hybridized carbons (Fsp3) is 0.278. The van der Waals surface area contributed by atoms with Gasteiger partial charge in [-0.2, -0.15) is 16.8 Å². The lowest BCUT2D eigenvalue weighted by Gasteiger charge is -2.20. The molecule has 0 aliphatic carbocycles. The number of oxazole rings is 1. The van der Waals surface area contributed by atoms with Gasteiger partial charge in [-0.05, 0) is 60.5 Å². The number of carbonyl (C=O) groups is 3. The first-order valence-electron chi connectivity index (χ1n) is 18.3. The molecule has 3 aliphatic rings. The number of anilines is 1. The Labute approximate surface area is 374 Å². The molecule has 64 heavy (non-hydrogen) atoms. The molecule has 2 fully saturated rings. The molecule has 1 amide bonds. The van der Waals surface area contributed by atoms with E-state index in [0.717, 1.165) is 9.13 Å². The molecule has 0 radical (unpaired) electrons. The number of hydrogen-bond donors (Lipinski definition) is 4. The quantitative estimate of drug-likeness (QED) is 0.108. The average molecular weight is 1000 g/mol. The Morgan fingerprint density at radius 2 is 1.67 bits per heavy atom. The predicted octanol–water partition coefficient (Wildman–Crippen LogP) is 0.0879. The van der Waals surface area contributed by atoms with Crippen LogP contribution in [0.4, 0.5) is 5.69 Å². The van der Waals surface area contributed by atoms with Crippen LogP contribution in [0.1, 0.15) is 24.9 Å². The van der Waals surface area contributed by atoms with E-state index in [9.17, 15) is 68.5 Å². The summed E-state index contributed by atoms with van der Waals surface area (Å²) in [6, 6.07) is 8.73. The molecule has 0 saturated carbocycles. The van der Waals surface area contributed by atoms with Crippen LogP contribution in [0.3, 0.4) is 0 Å². The van der Waals surface area contributed by atoms with Crippen LogP contribution in [-0.2, 0) is 64.1 Å². The number of amides is 1. The summed E-state index contributed by atoms with van der Waals surface area (Å²) in [4.78, 5) is 68.2. The third-order valence-electron chi connectivity index (χ3n) is 10.0. The predicted molar refractivity (Wildman–Crippen MR) is 230 cm³/mol. The van der Waals surface area contributed by atoms with Gasteiger partial charge < -0.3 is 28.8 Å². The molecule has 2 aromatic carbocycles. The number of aliphatic carboxylic acids is 2. The third-order valence-corrected chi connectivity index (χ3v) is 15.1. The van der Waals surface area contributed by atoms with E-state index in [0.29, 0.717) is 26.9 Å². The van der Waals surface area contributed by atoms with Crippen LogP contribution in [0.5, 0.6) is 5.75 Å². The molecule has 3 aliphatic heterocycles. The number of rotatable bonds is 12. The molecule has 1 atom stereocenters. The fourth-order valence-corrected chi connectivity index (χ4v) is 11.6. The number of carbonyl (C=O) groups excluding carboxylic acids is 1. The minimum absolute atomic E-state index is 0.0712. The largest absolute Gasteiger partial charge is 0.480 e. The number of carboxylic acid groups (broad SMARTS) is 2. The third kappa shape index (κ3) is 9.19. The highest BCUT2D eigenvalue weighted by Gasteiger charge is 2.38. The lowest BCUT2D eigenvalue weighted by molar-refractivity contribution is -0.140. The van der Waals surface area contributed by atoms with E-state index in [-0.39, 0.29) is 45.1 Å². The van der Waals surface area contributed by atoms with Gasteiger partial charge in [-0.3, -0.25) is 47.1 Å². The number of imidazole rings is 1. The summed E-state index contributed by atoms with van der Waals surface area (Å²) in [6.45, 7) is -1.85. The normalized spacial score (nSPS) is 19.9. The lowest BCUT2D eigenvalue weighted by atomic mass is 10.2. The van der Waals surface area contributed by atoms with Crippen LogP contribution in [0, 0.1) is 10.9 Å². The molecule has 22 nitrogen and oxygen atoms in total. The van der Waals surface area contributed by atoms with Crippen LogP contribution < -0.4 is 31.7 Å². The van der Waals surface area contributed by atoms with Crippen molar-refractivity contribution >= 4 is 104 Å². The van der Waals surface area contributed by atoms with Gasteiger partial charge in [0.25, 0.3) is 37.3 Å². The molecular weight excluding hydrogens is 970 g/mol. The fourth-order valence-electron chi connectivity index (χ4n) is 7.37. The van der Waals surface area contributed by atoms with Crippen molar-refractivity contribution in [2.75, 3.05) is 28.7 Å². The molecule has 2 saturated heterocycles. The van der Waals surface area contributed by atoms with Crippen LogP contribution in [0.15, 0.2) is 73.3 Å². The van der Waals surface area contributed by atoms with E-state index in [1.165, 1.54) is 60.4 Å². The minimum atomic E-state index is -4.82. The van der Waals surface area contributed by atoms with Gasteiger partial charge in [0.05, 0.1) is 40.4 Å². The number of benzene rings is 2. The zero-order valence-electron chi connectivity index (χ0n) is 32.6. The maximum Gasteiger partial charge on any atom is 0.323 e. The van der Waals surface area contributed by atoms with Gasteiger partial charge in [0.1, 0.15) is 27.7 Å². The van der Waals surface area contributed by atoms with Crippen molar-refractivity contribution in [3.8, 4) is 5.75 Å². The first-order chi connectivity index (χ1) is 29.8. The average Bonchev–Trinajstić information content (AvgIpc) is 3.95. The second-order valence-electron chi connectivity index (χ2n) is 14.4. The number of aromatic nitrogens is 3. The Morgan fingerprint density at radius 1 is 0.984 bits per heavy atom. The number of nitrogens with zero attached hydrogens (tertiary/aromatic N) is 5. The summed E-state index contributed by atoms with van der Waals surface area (Å²) in [5.74, 6) is -6.25. The summed E-state index contributed by atoms with van der Waals surface area (Å²) in [6.07, 6.45) is 1.07. The Morgan fingerprint density at radius 3 is 2.30 bits per heavy atom. The number of thiocarbonyl (C=S) groups is 1. The molecule has 28 heteroatoms. The number of hydrogen-bond acceptors (Lipinski definition) is 16. The molecule has 340 valence electrons. The van der Waals surface area contributed by atoms with Crippen LogP contribution in [-0.4, -0.2) is 109 Å². The summed E-state index contributed by atoms with van der Waals surface area (Å²) >= 11 is 12.0. The zero-order valence-corrected chi connectivity index (χ0v) is 37.4. The van der Waals surface area contributed by atoms with Crippen molar-refractivity contribution in [2.45, 2.75) is 43.9 Å². The maximum atomic E-state index is 14.9. The molecule has 7 rings (SSSR count). The van der Waals surface area contributed by atoms with Crippen molar-refractivity contribution < 1.29 is 68.1 Å². The van der Waals surface area contributed by atoms with Gasteiger partial charge in [0.15, 0.2) is 21.1 Å². The van der Waals surface area contributed by atoms with Gasteiger partial charge in [0, 0.05) is 17.6 Å². The van der Waals surface area contributed by atoms with Crippen molar-refractivity contribution in [3.05, 3.63) is 108 Å². The summed E-state index contributed by atoms with van der Waals surface area (Å²) < 4.78 is 108. The number of fused-ring (bicyclic) bond motifs is 1. The van der Waals surface area contributed by atoms with Crippen molar-refractivity contribution in [1.82, 2.24) is 18.6 Å². The molecule has 2 aromatic heterocycles. The number of carboxylic acids is 2. The van der Waals surface area contributed by atoms with E-state index >= 15 is 0 Å². The minimum Gasteiger partial charge on any atom is -0.480 e. The van der Waals surface area contributed by atoms with Gasteiger partial charge in [-0.1, -0.05) is 42.0 Å². The molecular formula is C36H32ClN5O17S5. The summed E-state index contributed by atoms with van der Waals surface area (Å²) in [5, 5.41) is 19.4.